The average Bonchev–Trinajstić information content (AvgIpc) is 2.96. The molecule has 0 aromatic carbocycles. The van der Waals surface area contributed by atoms with Gasteiger partial charge >= 0.3 is 5.97 Å². The molecular formula is C14H25NO2S. The van der Waals surface area contributed by atoms with E-state index in [1.165, 1.54) is 31.4 Å². The second-order valence-electron chi connectivity index (χ2n) is 5.77. The number of aliphatic carboxylic acids is 1. The molecule has 2 fully saturated rings. The molecule has 0 amide bonds. The smallest absolute Gasteiger partial charge is 0.323 e. The molecule has 2 saturated carbocycles. The summed E-state index contributed by atoms with van der Waals surface area (Å²) in [6.07, 6.45) is 8.20. The summed E-state index contributed by atoms with van der Waals surface area (Å²) < 4.78 is 0. The first-order chi connectivity index (χ1) is 8.66. The number of carbonyl (C=O) groups is 1. The number of carboxylic acid groups (broad SMARTS) is 1. The van der Waals surface area contributed by atoms with Crippen molar-refractivity contribution in [1.29, 1.82) is 0 Å². The number of nitrogens with one attached hydrogen (secondary N) is 1. The zero-order valence-corrected chi connectivity index (χ0v) is 12.1. The van der Waals surface area contributed by atoms with Gasteiger partial charge in [0.05, 0.1) is 0 Å². The van der Waals surface area contributed by atoms with Crippen LogP contribution in [0.15, 0.2) is 0 Å². The predicted octanol–water partition coefficient (Wildman–Crippen LogP) is 2.90. The third kappa shape index (κ3) is 3.21. The summed E-state index contributed by atoms with van der Waals surface area (Å²) in [6.45, 7) is 2.73. The van der Waals surface area contributed by atoms with E-state index in [0.717, 1.165) is 31.7 Å². The summed E-state index contributed by atoms with van der Waals surface area (Å²) in [4.78, 5) is 11.4. The van der Waals surface area contributed by atoms with Crippen LogP contribution in [-0.2, 0) is 4.79 Å². The lowest BCUT2D eigenvalue weighted by atomic mass is 9.98. The molecule has 0 saturated heterocycles. The number of likely N-dealkylation sites (N-methyl/N-ethyl adjacent to an activating group) is 1. The van der Waals surface area contributed by atoms with Crippen LogP contribution in [0.5, 0.6) is 0 Å². The Morgan fingerprint density at radius 2 is 2.11 bits per heavy atom. The van der Waals surface area contributed by atoms with Crippen LogP contribution in [0.1, 0.15) is 51.9 Å². The van der Waals surface area contributed by atoms with E-state index >= 15 is 0 Å². The lowest BCUT2D eigenvalue weighted by molar-refractivity contribution is -0.144. The van der Waals surface area contributed by atoms with Crippen molar-refractivity contribution in [2.45, 2.75) is 62.7 Å². The van der Waals surface area contributed by atoms with Gasteiger partial charge in [-0.2, -0.15) is 11.8 Å². The van der Waals surface area contributed by atoms with Crippen molar-refractivity contribution in [2.24, 2.45) is 5.92 Å². The highest BCUT2D eigenvalue weighted by molar-refractivity contribution is 7.99. The van der Waals surface area contributed by atoms with Crippen LogP contribution in [0.25, 0.3) is 0 Å². The van der Waals surface area contributed by atoms with Crippen molar-refractivity contribution in [3.05, 3.63) is 0 Å². The molecule has 2 rings (SSSR count). The van der Waals surface area contributed by atoms with Crippen molar-refractivity contribution in [1.82, 2.24) is 5.32 Å². The highest BCUT2D eigenvalue weighted by atomic mass is 32.2. The van der Waals surface area contributed by atoms with E-state index in [0.29, 0.717) is 5.25 Å². The zero-order chi connectivity index (χ0) is 13.0. The molecule has 104 valence electrons. The molecule has 0 heterocycles. The maximum atomic E-state index is 11.4. The summed E-state index contributed by atoms with van der Waals surface area (Å²) in [5.74, 6) is 1.48. The SMILES string of the molecule is CCNC1(C(=O)O)CCC(SCC2CCCC2)C1. The quantitative estimate of drug-likeness (QED) is 0.780. The highest BCUT2D eigenvalue weighted by Gasteiger charge is 2.45. The van der Waals surface area contributed by atoms with Crippen LogP contribution in [-0.4, -0.2) is 34.2 Å². The van der Waals surface area contributed by atoms with E-state index < -0.39 is 11.5 Å². The first kappa shape index (κ1) is 14.2. The van der Waals surface area contributed by atoms with Crippen LogP contribution in [0.2, 0.25) is 0 Å². The van der Waals surface area contributed by atoms with Gasteiger partial charge in [0.1, 0.15) is 5.54 Å². The minimum absolute atomic E-state index is 0.542. The van der Waals surface area contributed by atoms with Gasteiger partial charge in [-0.05, 0) is 50.3 Å². The predicted molar refractivity (Wildman–Crippen MR) is 76.1 cm³/mol. The van der Waals surface area contributed by atoms with E-state index in [1.54, 1.807) is 0 Å². The molecule has 2 aliphatic carbocycles. The molecule has 2 unspecified atom stereocenters. The molecule has 0 aromatic heterocycles. The van der Waals surface area contributed by atoms with E-state index in [-0.39, 0.29) is 0 Å². The molecule has 0 spiro atoms. The Hall–Kier alpha value is -0.220. The van der Waals surface area contributed by atoms with Gasteiger partial charge in [-0.1, -0.05) is 19.8 Å². The standard InChI is InChI=1S/C14H25NO2S/c1-2-15-14(13(16)17)8-7-12(9-14)18-10-11-5-3-4-6-11/h11-12,15H,2-10H2,1H3,(H,16,17). The summed E-state index contributed by atoms with van der Waals surface area (Å²) in [7, 11) is 0. The molecule has 4 heteroatoms. The lowest BCUT2D eigenvalue weighted by Crippen LogP contribution is -2.50. The third-order valence-electron chi connectivity index (χ3n) is 4.44. The average molecular weight is 271 g/mol. The first-order valence-corrected chi connectivity index (χ1v) is 8.31. The Balaban J connectivity index is 1.80. The van der Waals surface area contributed by atoms with Crippen molar-refractivity contribution in [3.8, 4) is 0 Å². The normalized spacial score (nSPS) is 33.1. The van der Waals surface area contributed by atoms with Crippen LogP contribution < -0.4 is 5.32 Å². The van der Waals surface area contributed by atoms with Crippen molar-refractivity contribution in [3.63, 3.8) is 0 Å². The molecule has 2 aliphatic rings. The lowest BCUT2D eigenvalue weighted by Gasteiger charge is -2.25. The van der Waals surface area contributed by atoms with Crippen molar-refractivity contribution < 1.29 is 9.90 Å². The zero-order valence-electron chi connectivity index (χ0n) is 11.3. The number of hydrogen-bond acceptors (Lipinski definition) is 3. The highest BCUT2D eigenvalue weighted by Crippen LogP contribution is 2.39. The number of hydrogen-bond donors (Lipinski definition) is 2. The van der Waals surface area contributed by atoms with Crippen LogP contribution >= 0.6 is 11.8 Å². The van der Waals surface area contributed by atoms with Gasteiger partial charge in [-0.15, -0.1) is 0 Å². The van der Waals surface area contributed by atoms with Gasteiger partial charge in [-0.25, -0.2) is 0 Å². The fourth-order valence-electron chi connectivity index (χ4n) is 3.36. The number of thioether (sulfide) groups is 1. The molecule has 3 nitrogen and oxygen atoms in total. The fourth-order valence-corrected chi connectivity index (χ4v) is 4.92. The molecule has 0 radical (unpaired) electrons. The van der Waals surface area contributed by atoms with Gasteiger partial charge in [0.25, 0.3) is 0 Å². The largest absolute Gasteiger partial charge is 0.480 e. The van der Waals surface area contributed by atoms with Gasteiger partial charge in [0.2, 0.25) is 0 Å². The minimum atomic E-state index is -0.659. The van der Waals surface area contributed by atoms with Gasteiger partial charge in [0.15, 0.2) is 0 Å². The van der Waals surface area contributed by atoms with E-state index in [9.17, 15) is 9.90 Å². The van der Waals surface area contributed by atoms with Crippen molar-refractivity contribution >= 4 is 17.7 Å². The summed E-state index contributed by atoms with van der Waals surface area (Å²) in [5.41, 5.74) is -0.637. The van der Waals surface area contributed by atoms with Crippen molar-refractivity contribution in [2.75, 3.05) is 12.3 Å². The second-order valence-corrected chi connectivity index (χ2v) is 7.10. The monoisotopic (exact) mass is 271 g/mol. The Bertz CT molecular complexity index is 292. The second kappa shape index (κ2) is 6.29. The summed E-state index contributed by atoms with van der Waals surface area (Å²) >= 11 is 2.02. The number of rotatable bonds is 6. The molecule has 2 atom stereocenters. The van der Waals surface area contributed by atoms with Gasteiger partial charge in [0, 0.05) is 5.25 Å². The van der Waals surface area contributed by atoms with Gasteiger partial charge < -0.3 is 10.4 Å². The topological polar surface area (TPSA) is 49.3 Å². The first-order valence-electron chi connectivity index (χ1n) is 7.26. The Morgan fingerprint density at radius 1 is 1.39 bits per heavy atom. The van der Waals surface area contributed by atoms with Crippen LogP contribution in [0.4, 0.5) is 0 Å². The van der Waals surface area contributed by atoms with Crippen LogP contribution in [0.3, 0.4) is 0 Å². The Morgan fingerprint density at radius 3 is 2.72 bits per heavy atom. The minimum Gasteiger partial charge on any atom is -0.480 e. The summed E-state index contributed by atoms with van der Waals surface area (Å²) in [6, 6.07) is 0. The number of carboxylic acids is 1. The van der Waals surface area contributed by atoms with E-state index in [1.807, 2.05) is 18.7 Å². The van der Waals surface area contributed by atoms with E-state index in [4.69, 9.17) is 0 Å². The molecule has 18 heavy (non-hydrogen) atoms. The molecular weight excluding hydrogens is 246 g/mol. The maximum absolute atomic E-state index is 11.4. The third-order valence-corrected chi connectivity index (χ3v) is 5.97. The molecule has 2 N–H and O–H groups in total. The van der Waals surface area contributed by atoms with E-state index in [2.05, 4.69) is 5.32 Å². The molecule has 0 aliphatic heterocycles. The maximum Gasteiger partial charge on any atom is 0.323 e. The van der Waals surface area contributed by atoms with Crippen LogP contribution in [0, 0.1) is 5.92 Å². The molecule has 0 bridgehead atoms. The summed E-state index contributed by atoms with van der Waals surface area (Å²) in [5, 5.41) is 13.2. The Labute approximate surface area is 114 Å². The Kier molecular flexibility index (Phi) is 4.96. The van der Waals surface area contributed by atoms with Gasteiger partial charge in [-0.3, -0.25) is 4.79 Å². The fraction of sp³-hybridized carbons (Fsp3) is 0.929. The molecule has 0 aromatic rings.